The normalized spacial score (nSPS) is 10.5. The maximum absolute atomic E-state index is 13.5. The molecule has 0 amide bonds. The number of hydrogen-bond acceptors (Lipinski definition) is 1. The van der Waals surface area contributed by atoms with Crippen molar-refractivity contribution >= 4 is 22.6 Å². The molecule has 0 aliphatic heterocycles. The number of aromatic nitrogens is 1. The molecule has 1 heterocycles. The van der Waals surface area contributed by atoms with Crippen molar-refractivity contribution in [1.29, 1.82) is 0 Å². The van der Waals surface area contributed by atoms with Gasteiger partial charge < -0.3 is 0 Å². The standard InChI is InChI=1S/C12H8F2IN/c1-7-5-8(15)6-11(16-7)9-3-2-4-10(13)12(9)14/h2-6H,1H3. The molecule has 0 aliphatic carbocycles. The van der Waals surface area contributed by atoms with Crippen molar-refractivity contribution in [2.75, 3.05) is 0 Å². The van der Waals surface area contributed by atoms with Gasteiger partial charge in [-0.25, -0.2) is 8.78 Å². The van der Waals surface area contributed by atoms with Gasteiger partial charge in [0.2, 0.25) is 0 Å². The summed E-state index contributed by atoms with van der Waals surface area (Å²) in [5.41, 5.74) is 1.44. The number of halogens is 3. The average Bonchev–Trinajstić information content (AvgIpc) is 2.20. The third kappa shape index (κ3) is 2.21. The molecule has 1 aromatic carbocycles. The van der Waals surface area contributed by atoms with Gasteiger partial charge in [0.1, 0.15) is 0 Å². The molecule has 1 nitrogen and oxygen atoms in total. The number of hydrogen-bond donors (Lipinski definition) is 0. The van der Waals surface area contributed by atoms with Crippen molar-refractivity contribution in [3.63, 3.8) is 0 Å². The van der Waals surface area contributed by atoms with E-state index in [0.29, 0.717) is 5.69 Å². The molecule has 0 spiro atoms. The number of aryl methyl sites for hydroxylation is 1. The van der Waals surface area contributed by atoms with Gasteiger partial charge in [0.05, 0.1) is 5.69 Å². The van der Waals surface area contributed by atoms with Crippen molar-refractivity contribution in [2.24, 2.45) is 0 Å². The lowest BCUT2D eigenvalue weighted by atomic mass is 10.1. The smallest absolute Gasteiger partial charge is 0.168 e. The summed E-state index contributed by atoms with van der Waals surface area (Å²) >= 11 is 2.12. The fraction of sp³-hybridized carbons (Fsp3) is 0.0833. The van der Waals surface area contributed by atoms with Crippen molar-refractivity contribution < 1.29 is 8.78 Å². The van der Waals surface area contributed by atoms with Crippen LogP contribution in [0.5, 0.6) is 0 Å². The van der Waals surface area contributed by atoms with E-state index in [1.807, 2.05) is 13.0 Å². The summed E-state index contributed by atoms with van der Waals surface area (Å²) in [6.45, 7) is 1.82. The van der Waals surface area contributed by atoms with Crippen LogP contribution in [0.15, 0.2) is 30.3 Å². The van der Waals surface area contributed by atoms with Crippen LogP contribution in [0, 0.1) is 22.1 Å². The minimum atomic E-state index is -0.851. The lowest BCUT2D eigenvalue weighted by molar-refractivity contribution is 0.511. The fourth-order valence-electron chi connectivity index (χ4n) is 1.47. The second kappa shape index (κ2) is 4.45. The fourth-order valence-corrected chi connectivity index (χ4v) is 2.21. The number of rotatable bonds is 1. The Labute approximate surface area is 106 Å². The zero-order valence-corrected chi connectivity index (χ0v) is 10.6. The van der Waals surface area contributed by atoms with Crippen LogP contribution >= 0.6 is 22.6 Å². The van der Waals surface area contributed by atoms with E-state index >= 15 is 0 Å². The molecule has 0 saturated carbocycles. The zero-order chi connectivity index (χ0) is 11.7. The Hall–Kier alpha value is -1.04. The van der Waals surface area contributed by atoms with Gasteiger partial charge in [-0.3, -0.25) is 4.98 Å². The van der Waals surface area contributed by atoms with Crippen LogP contribution in [0.3, 0.4) is 0 Å². The van der Waals surface area contributed by atoms with Crippen LogP contribution in [0.25, 0.3) is 11.3 Å². The average molecular weight is 331 g/mol. The van der Waals surface area contributed by atoms with Gasteiger partial charge in [0.25, 0.3) is 0 Å². The maximum Gasteiger partial charge on any atom is 0.168 e. The van der Waals surface area contributed by atoms with Crippen LogP contribution in [0.2, 0.25) is 0 Å². The predicted octanol–water partition coefficient (Wildman–Crippen LogP) is 3.94. The summed E-state index contributed by atoms with van der Waals surface area (Å²) in [5.74, 6) is -1.70. The van der Waals surface area contributed by atoms with E-state index in [1.165, 1.54) is 12.1 Å². The molecule has 1 aromatic heterocycles. The highest BCUT2D eigenvalue weighted by molar-refractivity contribution is 14.1. The topological polar surface area (TPSA) is 12.9 Å². The summed E-state index contributed by atoms with van der Waals surface area (Å²) in [7, 11) is 0. The summed E-state index contributed by atoms with van der Waals surface area (Å²) in [5, 5.41) is 0. The first kappa shape index (κ1) is 11.4. The van der Waals surface area contributed by atoms with Gasteiger partial charge >= 0.3 is 0 Å². The van der Waals surface area contributed by atoms with E-state index in [1.54, 1.807) is 6.07 Å². The molecule has 82 valence electrons. The van der Waals surface area contributed by atoms with Crippen LogP contribution in [0.4, 0.5) is 8.78 Å². The van der Waals surface area contributed by atoms with Gasteiger partial charge in [-0.2, -0.15) is 0 Å². The molecule has 0 saturated heterocycles. The van der Waals surface area contributed by atoms with Crippen molar-refractivity contribution in [3.8, 4) is 11.3 Å². The second-order valence-electron chi connectivity index (χ2n) is 3.41. The Morgan fingerprint density at radius 2 is 1.94 bits per heavy atom. The monoisotopic (exact) mass is 331 g/mol. The molecule has 2 rings (SSSR count). The molecule has 0 bridgehead atoms. The Morgan fingerprint density at radius 3 is 2.62 bits per heavy atom. The largest absolute Gasteiger partial charge is 0.253 e. The quantitative estimate of drug-likeness (QED) is 0.722. The summed E-state index contributed by atoms with van der Waals surface area (Å²) in [6.07, 6.45) is 0. The second-order valence-corrected chi connectivity index (χ2v) is 4.66. The molecule has 0 unspecified atom stereocenters. The van der Waals surface area contributed by atoms with Gasteiger partial charge in [-0.15, -0.1) is 0 Å². The molecule has 2 aromatic rings. The van der Waals surface area contributed by atoms with Gasteiger partial charge in [0, 0.05) is 14.8 Å². The molecule has 0 radical (unpaired) electrons. The number of nitrogens with zero attached hydrogens (tertiary/aromatic N) is 1. The minimum Gasteiger partial charge on any atom is -0.253 e. The summed E-state index contributed by atoms with van der Waals surface area (Å²) in [6, 6.07) is 7.70. The Balaban J connectivity index is 2.63. The SMILES string of the molecule is Cc1cc(I)cc(-c2cccc(F)c2F)n1. The molecular weight excluding hydrogens is 323 g/mol. The third-order valence-electron chi connectivity index (χ3n) is 2.15. The predicted molar refractivity (Wildman–Crippen MR) is 67.0 cm³/mol. The first-order valence-corrected chi connectivity index (χ1v) is 5.74. The van der Waals surface area contributed by atoms with Crippen molar-refractivity contribution in [3.05, 3.63) is 51.2 Å². The molecule has 0 N–H and O–H groups in total. The molecule has 0 atom stereocenters. The van der Waals surface area contributed by atoms with E-state index in [4.69, 9.17) is 0 Å². The van der Waals surface area contributed by atoms with Crippen LogP contribution in [0.1, 0.15) is 5.69 Å². The summed E-state index contributed by atoms with van der Waals surface area (Å²) < 4.78 is 27.5. The van der Waals surface area contributed by atoms with E-state index in [2.05, 4.69) is 27.6 Å². The highest BCUT2D eigenvalue weighted by Crippen LogP contribution is 2.24. The van der Waals surface area contributed by atoms with Crippen molar-refractivity contribution in [1.82, 2.24) is 4.98 Å². The van der Waals surface area contributed by atoms with E-state index in [-0.39, 0.29) is 5.56 Å². The first-order valence-electron chi connectivity index (χ1n) is 4.66. The highest BCUT2D eigenvalue weighted by Gasteiger charge is 2.11. The van der Waals surface area contributed by atoms with E-state index in [9.17, 15) is 8.78 Å². The summed E-state index contributed by atoms with van der Waals surface area (Å²) in [4.78, 5) is 4.19. The zero-order valence-electron chi connectivity index (χ0n) is 8.47. The van der Waals surface area contributed by atoms with Crippen LogP contribution in [-0.4, -0.2) is 4.98 Å². The van der Waals surface area contributed by atoms with Gasteiger partial charge in [0.15, 0.2) is 11.6 Å². The number of pyridine rings is 1. The van der Waals surface area contributed by atoms with Crippen LogP contribution in [-0.2, 0) is 0 Å². The van der Waals surface area contributed by atoms with Crippen LogP contribution < -0.4 is 0 Å². The van der Waals surface area contributed by atoms with Gasteiger partial charge in [-0.05, 0) is 53.8 Å². The highest BCUT2D eigenvalue weighted by atomic mass is 127. The molecular formula is C12H8F2IN. The first-order chi connectivity index (χ1) is 7.58. The lowest BCUT2D eigenvalue weighted by Gasteiger charge is -2.05. The van der Waals surface area contributed by atoms with Gasteiger partial charge in [-0.1, -0.05) is 6.07 Å². The molecule has 0 aliphatic rings. The molecule has 0 fully saturated rings. The van der Waals surface area contributed by atoms with E-state index < -0.39 is 11.6 Å². The maximum atomic E-state index is 13.5. The van der Waals surface area contributed by atoms with E-state index in [0.717, 1.165) is 15.3 Å². The third-order valence-corrected chi connectivity index (χ3v) is 2.77. The Kier molecular flexibility index (Phi) is 3.18. The molecule has 16 heavy (non-hydrogen) atoms. The Morgan fingerprint density at radius 1 is 1.19 bits per heavy atom. The molecule has 4 heteroatoms. The van der Waals surface area contributed by atoms with Crippen molar-refractivity contribution in [2.45, 2.75) is 6.92 Å². The lowest BCUT2D eigenvalue weighted by Crippen LogP contribution is -1.94. The Bertz CT molecular complexity index is 520. The minimum absolute atomic E-state index is 0.196. The number of benzene rings is 1.